The highest BCUT2D eigenvalue weighted by atomic mass is 16.3. The van der Waals surface area contributed by atoms with Crippen LogP contribution in [0.15, 0.2) is 12.7 Å². The van der Waals surface area contributed by atoms with Crippen LogP contribution >= 0.6 is 0 Å². The Balaban J connectivity index is 2.35. The van der Waals surface area contributed by atoms with E-state index in [4.69, 9.17) is 0 Å². The summed E-state index contributed by atoms with van der Waals surface area (Å²) in [5.41, 5.74) is 0. The molecule has 0 radical (unpaired) electrons. The summed E-state index contributed by atoms with van der Waals surface area (Å²) in [6.45, 7) is 5.51. The third-order valence-corrected chi connectivity index (χ3v) is 1.88. The predicted octanol–water partition coefficient (Wildman–Crippen LogP) is 1.58. The second-order valence-electron chi connectivity index (χ2n) is 3.10. The molecule has 1 aliphatic carbocycles. The third kappa shape index (κ3) is 2.78. The smallest absolute Gasteiger partial charge is 0.120 e. The van der Waals surface area contributed by atoms with Crippen LogP contribution in [-0.4, -0.2) is 11.2 Å². The van der Waals surface area contributed by atoms with Crippen LogP contribution in [-0.2, 0) is 0 Å². The van der Waals surface area contributed by atoms with Gasteiger partial charge in [0.2, 0.25) is 0 Å². The molecule has 1 N–H and O–H groups in total. The van der Waals surface area contributed by atoms with E-state index in [-0.39, 0.29) is 5.92 Å². The molecular formula is C10H14O. The Hall–Kier alpha value is -0.740. The van der Waals surface area contributed by atoms with E-state index < -0.39 is 6.10 Å². The van der Waals surface area contributed by atoms with Crippen molar-refractivity contribution in [2.45, 2.75) is 25.9 Å². The average molecular weight is 150 g/mol. The van der Waals surface area contributed by atoms with Crippen molar-refractivity contribution in [3.63, 3.8) is 0 Å². The fourth-order valence-corrected chi connectivity index (χ4v) is 0.691. The fraction of sp³-hybridized carbons (Fsp3) is 0.600. The van der Waals surface area contributed by atoms with Crippen LogP contribution in [0.3, 0.4) is 0 Å². The first kappa shape index (κ1) is 8.36. The zero-order chi connectivity index (χ0) is 8.27. The third-order valence-electron chi connectivity index (χ3n) is 1.88. The van der Waals surface area contributed by atoms with Gasteiger partial charge in [-0.05, 0) is 12.8 Å². The lowest BCUT2D eigenvalue weighted by Gasteiger charge is -2.06. The zero-order valence-corrected chi connectivity index (χ0v) is 6.88. The highest BCUT2D eigenvalue weighted by molar-refractivity contribution is 5.14. The number of hydrogen-bond acceptors (Lipinski definition) is 1. The molecule has 0 amide bonds. The lowest BCUT2D eigenvalue weighted by Crippen LogP contribution is -2.12. The molecule has 0 bridgehead atoms. The van der Waals surface area contributed by atoms with E-state index in [9.17, 15) is 5.11 Å². The van der Waals surface area contributed by atoms with Gasteiger partial charge >= 0.3 is 0 Å². The van der Waals surface area contributed by atoms with Crippen LogP contribution < -0.4 is 0 Å². The molecule has 1 heteroatoms. The van der Waals surface area contributed by atoms with Crippen molar-refractivity contribution < 1.29 is 5.11 Å². The number of hydrogen-bond donors (Lipinski definition) is 1. The second-order valence-corrected chi connectivity index (χ2v) is 3.10. The minimum Gasteiger partial charge on any atom is -0.380 e. The Morgan fingerprint density at radius 2 is 2.27 bits per heavy atom. The first-order valence-electron chi connectivity index (χ1n) is 4.05. The highest BCUT2D eigenvalue weighted by Crippen LogP contribution is 2.27. The SMILES string of the molecule is C=C[C@@H](C)[C@@H](O)C#CC1CC1. The molecule has 0 aromatic rings. The van der Waals surface area contributed by atoms with Crippen molar-refractivity contribution in [2.24, 2.45) is 11.8 Å². The Labute approximate surface area is 68.1 Å². The van der Waals surface area contributed by atoms with Crippen molar-refractivity contribution in [1.82, 2.24) is 0 Å². The molecule has 60 valence electrons. The molecule has 2 atom stereocenters. The van der Waals surface area contributed by atoms with Crippen LogP contribution in [0.5, 0.6) is 0 Å². The number of aliphatic hydroxyl groups excluding tert-OH is 1. The number of aliphatic hydroxyl groups is 1. The lowest BCUT2D eigenvalue weighted by atomic mass is 10.1. The summed E-state index contributed by atoms with van der Waals surface area (Å²) >= 11 is 0. The zero-order valence-electron chi connectivity index (χ0n) is 6.88. The van der Waals surface area contributed by atoms with Gasteiger partial charge in [0.15, 0.2) is 0 Å². The molecule has 1 fully saturated rings. The van der Waals surface area contributed by atoms with Crippen LogP contribution in [0.25, 0.3) is 0 Å². The van der Waals surface area contributed by atoms with Gasteiger partial charge in [-0.2, -0.15) is 0 Å². The molecule has 11 heavy (non-hydrogen) atoms. The summed E-state index contributed by atoms with van der Waals surface area (Å²) in [5, 5.41) is 9.35. The van der Waals surface area contributed by atoms with Gasteiger partial charge in [0.25, 0.3) is 0 Å². The molecule has 0 saturated heterocycles. The molecule has 0 spiro atoms. The monoisotopic (exact) mass is 150 g/mol. The maximum atomic E-state index is 9.35. The predicted molar refractivity (Wildman–Crippen MR) is 45.9 cm³/mol. The van der Waals surface area contributed by atoms with Crippen molar-refractivity contribution in [2.75, 3.05) is 0 Å². The van der Waals surface area contributed by atoms with Crippen molar-refractivity contribution in [3.05, 3.63) is 12.7 Å². The van der Waals surface area contributed by atoms with E-state index in [1.54, 1.807) is 6.08 Å². The molecule has 1 nitrogen and oxygen atoms in total. The number of rotatable bonds is 2. The van der Waals surface area contributed by atoms with Gasteiger partial charge in [-0.15, -0.1) is 6.58 Å². The Kier molecular flexibility index (Phi) is 2.73. The van der Waals surface area contributed by atoms with Crippen LogP contribution in [0.1, 0.15) is 19.8 Å². The first-order chi connectivity index (χ1) is 5.24. The van der Waals surface area contributed by atoms with Crippen LogP contribution in [0.2, 0.25) is 0 Å². The summed E-state index contributed by atoms with van der Waals surface area (Å²) in [6.07, 6.45) is 3.63. The van der Waals surface area contributed by atoms with Gasteiger partial charge < -0.3 is 5.11 Å². The summed E-state index contributed by atoms with van der Waals surface area (Å²) in [4.78, 5) is 0. The summed E-state index contributed by atoms with van der Waals surface area (Å²) in [5.74, 6) is 6.51. The molecule has 0 aliphatic heterocycles. The average Bonchev–Trinajstić information content (AvgIpc) is 2.81. The fourth-order valence-electron chi connectivity index (χ4n) is 0.691. The quantitative estimate of drug-likeness (QED) is 0.468. The van der Waals surface area contributed by atoms with Gasteiger partial charge in [-0.3, -0.25) is 0 Å². The van der Waals surface area contributed by atoms with Gasteiger partial charge in [-0.1, -0.05) is 24.8 Å². The summed E-state index contributed by atoms with van der Waals surface area (Å²) in [7, 11) is 0. The lowest BCUT2D eigenvalue weighted by molar-refractivity contribution is 0.194. The van der Waals surface area contributed by atoms with Crippen LogP contribution in [0.4, 0.5) is 0 Å². The molecule has 0 aromatic heterocycles. The molecule has 0 unspecified atom stereocenters. The van der Waals surface area contributed by atoms with Crippen molar-refractivity contribution >= 4 is 0 Å². The molecule has 1 rings (SSSR count). The molecule has 1 aliphatic rings. The Morgan fingerprint density at radius 1 is 1.64 bits per heavy atom. The van der Waals surface area contributed by atoms with E-state index in [1.807, 2.05) is 6.92 Å². The van der Waals surface area contributed by atoms with Gasteiger partial charge in [-0.25, -0.2) is 0 Å². The highest BCUT2D eigenvalue weighted by Gasteiger charge is 2.18. The van der Waals surface area contributed by atoms with Gasteiger partial charge in [0, 0.05) is 11.8 Å². The molecular weight excluding hydrogens is 136 g/mol. The van der Waals surface area contributed by atoms with E-state index in [0.717, 1.165) is 0 Å². The van der Waals surface area contributed by atoms with Crippen molar-refractivity contribution in [1.29, 1.82) is 0 Å². The van der Waals surface area contributed by atoms with E-state index in [1.165, 1.54) is 12.8 Å². The normalized spacial score (nSPS) is 21.3. The Morgan fingerprint density at radius 3 is 2.73 bits per heavy atom. The first-order valence-corrected chi connectivity index (χ1v) is 4.05. The van der Waals surface area contributed by atoms with Crippen LogP contribution in [0, 0.1) is 23.7 Å². The minimum absolute atomic E-state index is 0.0845. The topological polar surface area (TPSA) is 20.2 Å². The maximum absolute atomic E-state index is 9.35. The second kappa shape index (κ2) is 3.59. The Bertz CT molecular complexity index is 193. The van der Waals surface area contributed by atoms with E-state index in [2.05, 4.69) is 18.4 Å². The molecule has 1 saturated carbocycles. The van der Waals surface area contributed by atoms with E-state index >= 15 is 0 Å². The summed E-state index contributed by atoms with van der Waals surface area (Å²) < 4.78 is 0. The maximum Gasteiger partial charge on any atom is 0.120 e. The molecule has 0 heterocycles. The van der Waals surface area contributed by atoms with Gasteiger partial charge in [0.1, 0.15) is 6.10 Å². The largest absolute Gasteiger partial charge is 0.380 e. The van der Waals surface area contributed by atoms with E-state index in [0.29, 0.717) is 5.92 Å². The van der Waals surface area contributed by atoms with Crippen molar-refractivity contribution in [3.8, 4) is 11.8 Å². The summed E-state index contributed by atoms with van der Waals surface area (Å²) in [6, 6.07) is 0. The minimum atomic E-state index is -0.520. The van der Waals surface area contributed by atoms with Gasteiger partial charge in [0.05, 0.1) is 0 Å². The standard InChI is InChI=1S/C10H14O/c1-3-8(2)10(11)7-6-9-4-5-9/h3,8-11H,1,4-5H2,2H3/t8-,10+/m1/s1. The molecule has 0 aromatic carbocycles.